The Morgan fingerprint density at radius 2 is 1.14 bits per heavy atom. The van der Waals surface area contributed by atoms with Gasteiger partial charge >= 0.3 is 0 Å². The summed E-state index contributed by atoms with van der Waals surface area (Å²) in [4.78, 5) is 45.4. The first kappa shape index (κ1) is 25.9. The highest BCUT2D eigenvalue weighted by molar-refractivity contribution is 6.33. The maximum Gasteiger partial charge on any atom is 0.288 e. The topological polar surface area (TPSA) is 169 Å². The van der Waals surface area contributed by atoms with Gasteiger partial charge in [0.15, 0.2) is 0 Å². The third-order valence-electron chi connectivity index (χ3n) is 4.48. The third-order valence-corrected chi connectivity index (χ3v) is 5.12. The van der Waals surface area contributed by atoms with E-state index in [0.29, 0.717) is 11.1 Å². The molecule has 0 spiro atoms. The second kappa shape index (κ2) is 11.6. The Kier molecular flexibility index (Phi) is 8.39. The van der Waals surface area contributed by atoms with E-state index in [1.54, 1.807) is 0 Å². The van der Waals surface area contributed by atoms with Gasteiger partial charge in [0.25, 0.3) is 23.2 Å². The first-order valence-electron chi connectivity index (χ1n) is 9.80. The van der Waals surface area contributed by atoms with Gasteiger partial charge in [-0.05, 0) is 30.3 Å². The normalized spacial score (nSPS) is 10.9. The highest BCUT2D eigenvalue weighted by Crippen LogP contribution is 2.25. The molecule has 3 aromatic carbocycles. The smallest absolute Gasteiger partial charge is 0.267 e. The van der Waals surface area contributed by atoms with Crippen LogP contribution < -0.4 is 10.9 Å². The van der Waals surface area contributed by atoms with E-state index in [4.69, 9.17) is 23.2 Å². The molecule has 36 heavy (non-hydrogen) atoms. The number of hydrogen-bond donors (Lipinski definition) is 2. The molecule has 0 bridgehead atoms. The molecule has 0 aromatic heterocycles. The fourth-order valence-electron chi connectivity index (χ4n) is 2.76. The maximum absolute atomic E-state index is 12.4. The van der Waals surface area contributed by atoms with Gasteiger partial charge < -0.3 is 0 Å². The van der Waals surface area contributed by atoms with Crippen LogP contribution in [0.2, 0.25) is 10.0 Å². The molecular formula is C22H14Cl2N6O6. The molecule has 0 atom stereocenters. The Morgan fingerprint density at radius 1 is 0.722 bits per heavy atom. The van der Waals surface area contributed by atoms with Gasteiger partial charge in [-0.15, -0.1) is 0 Å². The van der Waals surface area contributed by atoms with Crippen LogP contribution in [0.1, 0.15) is 31.8 Å². The van der Waals surface area contributed by atoms with Gasteiger partial charge in [0, 0.05) is 34.4 Å². The van der Waals surface area contributed by atoms with Crippen molar-refractivity contribution in [3.8, 4) is 0 Å². The van der Waals surface area contributed by atoms with Crippen molar-refractivity contribution in [2.24, 2.45) is 10.2 Å². The second-order valence-corrected chi connectivity index (χ2v) is 7.73. The molecule has 0 aliphatic carbocycles. The fourth-order valence-corrected chi connectivity index (χ4v) is 3.13. The fraction of sp³-hybridized carbons (Fsp3) is 0. The monoisotopic (exact) mass is 528 g/mol. The van der Waals surface area contributed by atoms with E-state index in [0.717, 1.165) is 0 Å². The number of hydrazone groups is 2. The van der Waals surface area contributed by atoms with Crippen molar-refractivity contribution in [2.45, 2.75) is 0 Å². The molecule has 3 aromatic rings. The Labute approximate surface area is 212 Å². The van der Waals surface area contributed by atoms with Crippen LogP contribution in [-0.4, -0.2) is 34.1 Å². The minimum atomic E-state index is -0.641. The Bertz CT molecular complexity index is 1320. The standard InChI is InChI=1S/C22H14Cl2N6O6/c23-17-6-4-13(8-19(17)29(33)34)11-25-27-21(31)15-2-1-3-16(10-15)22(32)28-26-12-14-5-7-18(24)20(9-14)30(35)36/h1-12H,(H,27,31)(H,28,32)/b25-11+,26-12+. The average Bonchev–Trinajstić information content (AvgIpc) is 2.85. The first-order valence-corrected chi connectivity index (χ1v) is 10.6. The van der Waals surface area contributed by atoms with Crippen molar-refractivity contribution in [3.05, 3.63) is 113 Å². The van der Waals surface area contributed by atoms with Crippen LogP contribution in [0.25, 0.3) is 0 Å². The lowest BCUT2D eigenvalue weighted by Gasteiger charge is -2.04. The predicted molar refractivity (Wildman–Crippen MR) is 133 cm³/mol. The summed E-state index contributed by atoms with van der Waals surface area (Å²) in [5, 5.41) is 29.4. The van der Waals surface area contributed by atoms with Crippen LogP contribution >= 0.6 is 23.2 Å². The summed E-state index contributed by atoms with van der Waals surface area (Å²) < 4.78 is 0. The summed E-state index contributed by atoms with van der Waals surface area (Å²) in [6, 6.07) is 13.7. The van der Waals surface area contributed by atoms with E-state index in [9.17, 15) is 29.8 Å². The predicted octanol–water partition coefficient (Wildman–Crippen LogP) is 4.34. The SMILES string of the molecule is O=C(N/N=C/c1ccc(Cl)c([N+](=O)[O-])c1)c1cccc(C(=O)N/N=C/c2ccc(Cl)c([N+](=O)[O-])c2)c1. The average molecular weight is 529 g/mol. The number of benzene rings is 3. The lowest BCUT2D eigenvalue weighted by molar-refractivity contribution is -0.384. The summed E-state index contributed by atoms with van der Waals surface area (Å²) in [6.07, 6.45) is 2.40. The van der Waals surface area contributed by atoms with E-state index in [1.165, 1.54) is 73.1 Å². The number of nitro groups is 2. The van der Waals surface area contributed by atoms with Crippen molar-refractivity contribution in [2.75, 3.05) is 0 Å². The van der Waals surface area contributed by atoms with E-state index >= 15 is 0 Å². The largest absolute Gasteiger partial charge is 0.288 e. The molecular weight excluding hydrogens is 515 g/mol. The van der Waals surface area contributed by atoms with Gasteiger partial charge in [-0.3, -0.25) is 29.8 Å². The second-order valence-electron chi connectivity index (χ2n) is 6.91. The number of nitro benzene ring substituents is 2. The lowest BCUT2D eigenvalue weighted by atomic mass is 10.1. The summed E-state index contributed by atoms with van der Waals surface area (Å²) >= 11 is 11.5. The van der Waals surface area contributed by atoms with Crippen LogP contribution in [0.5, 0.6) is 0 Å². The van der Waals surface area contributed by atoms with E-state index in [-0.39, 0.29) is 32.5 Å². The Morgan fingerprint density at radius 3 is 1.53 bits per heavy atom. The molecule has 12 nitrogen and oxygen atoms in total. The van der Waals surface area contributed by atoms with E-state index in [1.807, 2.05) is 0 Å². The number of hydrogen-bond acceptors (Lipinski definition) is 8. The Balaban J connectivity index is 1.63. The number of nitrogens with zero attached hydrogens (tertiary/aromatic N) is 4. The minimum Gasteiger partial charge on any atom is -0.267 e. The molecule has 0 fully saturated rings. The number of halogens is 2. The number of carbonyl (C=O) groups is 2. The molecule has 0 aliphatic rings. The minimum absolute atomic E-state index is 0.0323. The zero-order valence-electron chi connectivity index (χ0n) is 17.9. The summed E-state index contributed by atoms with van der Waals surface area (Å²) in [7, 11) is 0. The highest BCUT2D eigenvalue weighted by atomic mass is 35.5. The lowest BCUT2D eigenvalue weighted by Crippen LogP contribution is -2.20. The molecule has 2 amide bonds. The molecule has 0 unspecified atom stereocenters. The molecule has 0 heterocycles. The van der Waals surface area contributed by atoms with Gasteiger partial charge in [0.2, 0.25) is 0 Å². The number of amides is 2. The zero-order chi connectivity index (χ0) is 26.2. The van der Waals surface area contributed by atoms with Crippen LogP contribution in [0.4, 0.5) is 11.4 Å². The number of rotatable bonds is 8. The van der Waals surface area contributed by atoms with Gasteiger partial charge in [0.05, 0.1) is 22.3 Å². The Hall–Kier alpha value is -4.68. The molecule has 182 valence electrons. The molecule has 0 saturated carbocycles. The molecule has 0 saturated heterocycles. The summed E-state index contributed by atoms with van der Waals surface area (Å²) in [5.41, 5.74) is 4.81. The van der Waals surface area contributed by atoms with Crippen LogP contribution in [-0.2, 0) is 0 Å². The van der Waals surface area contributed by atoms with Gasteiger partial charge in [-0.1, -0.05) is 41.4 Å². The third kappa shape index (κ3) is 6.68. The first-order chi connectivity index (χ1) is 17.2. The quantitative estimate of drug-likeness (QED) is 0.250. The van der Waals surface area contributed by atoms with Crippen LogP contribution in [0.15, 0.2) is 70.9 Å². The molecule has 0 radical (unpaired) electrons. The van der Waals surface area contributed by atoms with E-state index in [2.05, 4.69) is 21.1 Å². The number of carbonyl (C=O) groups excluding carboxylic acids is 2. The van der Waals surface area contributed by atoms with Crippen LogP contribution in [0, 0.1) is 20.2 Å². The van der Waals surface area contributed by atoms with Gasteiger partial charge in [0.1, 0.15) is 10.0 Å². The molecule has 14 heteroatoms. The summed E-state index contributed by atoms with van der Waals surface area (Å²) in [5.74, 6) is -1.28. The van der Waals surface area contributed by atoms with Crippen molar-refractivity contribution in [1.29, 1.82) is 0 Å². The maximum atomic E-state index is 12.4. The van der Waals surface area contributed by atoms with E-state index < -0.39 is 21.7 Å². The van der Waals surface area contributed by atoms with Crippen molar-refractivity contribution < 1.29 is 19.4 Å². The van der Waals surface area contributed by atoms with Gasteiger partial charge in [-0.25, -0.2) is 10.9 Å². The summed E-state index contributed by atoms with van der Waals surface area (Å²) in [6.45, 7) is 0. The van der Waals surface area contributed by atoms with Crippen LogP contribution in [0.3, 0.4) is 0 Å². The molecule has 0 aliphatic heterocycles. The van der Waals surface area contributed by atoms with Crippen molar-refractivity contribution in [3.63, 3.8) is 0 Å². The van der Waals surface area contributed by atoms with Crippen molar-refractivity contribution >= 4 is 58.8 Å². The zero-order valence-corrected chi connectivity index (χ0v) is 19.4. The molecule has 2 N–H and O–H groups in total. The number of nitrogens with one attached hydrogen (secondary N) is 2. The van der Waals surface area contributed by atoms with Crippen molar-refractivity contribution in [1.82, 2.24) is 10.9 Å². The highest BCUT2D eigenvalue weighted by Gasteiger charge is 2.14. The molecule has 3 rings (SSSR count). The van der Waals surface area contributed by atoms with Gasteiger partial charge in [-0.2, -0.15) is 10.2 Å².